The van der Waals surface area contributed by atoms with Gasteiger partial charge in [-0.15, -0.1) is 0 Å². The number of likely N-dealkylation sites (tertiary alicyclic amines) is 1. The van der Waals surface area contributed by atoms with Gasteiger partial charge in [-0.1, -0.05) is 19.9 Å². The highest BCUT2D eigenvalue weighted by atomic mass is 19.4. The van der Waals surface area contributed by atoms with Crippen molar-refractivity contribution in [1.29, 1.82) is 0 Å². The third kappa shape index (κ3) is 5.47. The Morgan fingerprint density at radius 2 is 2.04 bits per heavy atom. The Morgan fingerprint density at radius 3 is 2.68 bits per heavy atom. The average Bonchev–Trinajstić information content (AvgIpc) is 2.99. The van der Waals surface area contributed by atoms with Crippen LogP contribution in [0.1, 0.15) is 42.6 Å². The molecule has 1 atom stereocenters. The summed E-state index contributed by atoms with van der Waals surface area (Å²) in [5, 5.41) is 2.41. The molecule has 1 aliphatic rings. The van der Waals surface area contributed by atoms with Gasteiger partial charge in [0.05, 0.1) is 12.1 Å². The van der Waals surface area contributed by atoms with Crippen molar-refractivity contribution < 1.29 is 22.8 Å². The lowest BCUT2D eigenvalue weighted by Crippen LogP contribution is -2.39. The van der Waals surface area contributed by atoms with Crippen LogP contribution in [-0.4, -0.2) is 36.3 Å². The van der Waals surface area contributed by atoms with E-state index in [4.69, 9.17) is 0 Å². The van der Waals surface area contributed by atoms with E-state index in [9.17, 15) is 22.8 Å². The predicted octanol–water partition coefficient (Wildman–Crippen LogP) is 3.33. The average molecular weight is 356 g/mol. The summed E-state index contributed by atoms with van der Waals surface area (Å²) in [5.74, 6) is 0.160. The van der Waals surface area contributed by atoms with Gasteiger partial charge in [0.1, 0.15) is 0 Å². The lowest BCUT2D eigenvalue weighted by Gasteiger charge is -2.18. The van der Waals surface area contributed by atoms with Crippen LogP contribution >= 0.6 is 0 Å². The van der Waals surface area contributed by atoms with Crippen molar-refractivity contribution >= 4 is 11.8 Å². The highest BCUT2D eigenvalue weighted by Gasteiger charge is 2.31. The molecule has 25 heavy (non-hydrogen) atoms. The molecule has 138 valence electrons. The van der Waals surface area contributed by atoms with Gasteiger partial charge in [0.25, 0.3) is 5.91 Å². The minimum absolute atomic E-state index is 0.110. The Labute approximate surface area is 145 Å². The Balaban J connectivity index is 1.87. The van der Waals surface area contributed by atoms with Gasteiger partial charge in [-0.3, -0.25) is 9.59 Å². The largest absolute Gasteiger partial charge is 0.416 e. The normalized spacial score (nSPS) is 17.8. The van der Waals surface area contributed by atoms with E-state index in [1.165, 1.54) is 12.1 Å². The number of benzene rings is 1. The lowest BCUT2D eigenvalue weighted by molar-refractivity contribution is -0.137. The quantitative estimate of drug-likeness (QED) is 0.880. The summed E-state index contributed by atoms with van der Waals surface area (Å²) in [7, 11) is 0. The number of amides is 2. The van der Waals surface area contributed by atoms with Crippen LogP contribution in [0.3, 0.4) is 0 Å². The summed E-state index contributed by atoms with van der Waals surface area (Å²) in [6, 6.07) is 4.16. The first-order valence-electron chi connectivity index (χ1n) is 8.40. The van der Waals surface area contributed by atoms with E-state index < -0.39 is 17.6 Å². The second kappa shape index (κ2) is 7.89. The second-order valence-corrected chi connectivity index (χ2v) is 6.89. The van der Waals surface area contributed by atoms with Crippen LogP contribution in [0.25, 0.3) is 0 Å². The van der Waals surface area contributed by atoms with E-state index >= 15 is 0 Å². The van der Waals surface area contributed by atoms with Crippen LogP contribution < -0.4 is 5.32 Å². The smallest absolute Gasteiger partial charge is 0.343 e. The molecule has 0 aliphatic carbocycles. The number of carbonyl (C=O) groups excluding carboxylic acids is 2. The third-order valence-corrected chi connectivity index (χ3v) is 4.30. The molecule has 0 spiro atoms. The first kappa shape index (κ1) is 19.3. The maximum absolute atomic E-state index is 12.7. The van der Waals surface area contributed by atoms with E-state index in [1.807, 2.05) is 0 Å². The Kier molecular flexibility index (Phi) is 6.08. The van der Waals surface area contributed by atoms with Gasteiger partial charge in [0, 0.05) is 18.7 Å². The summed E-state index contributed by atoms with van der Waals surface area (Å²) in [6.07, 6.45) is -2.50. The van der Waals surface area contributed by atoms with E-state index in [0.717, 1.165) is 25.0 Å². The number of alkyl halides is 3. The van der Waals surface area contributed by atoms with Crippen LogP contribution in [0.5, 0.6) is 0 Å². The lowest BCUT2D eigenvalue weighted by atomic mass is 9.97. The molecule has 1 aliphatic heterocycles. The number of nitrogens with zero attached hydrogens (tertiary/aromatic N) is 1. The molecule has 0 radical (unpaired) electrons. The van der Waals surface area contributed by atoms with Crippen LogP contribution in [-0.2, 0) is 11.0 Å². The molecular weight excluding hydrogens is 333 g/mol. The molecule has 1 saturated heterocycles. The van der Waals surface area contributed by atoms with E-state index in [0.29, 0.717) is 24.9 Å². The molecule has 0 aromatic heterocycles. The molecule has 1 aromatic rings. The Morgan fingerprint density at radius 1 is 1.32 bits per heavy atom. The van der Waals surface area contributed by atoms with Crippen LogP contribution in [0.15, 0.2) is 24.3 Å². The Hall–Kier alpha value is -2.05. The molecule has 0 saturated carbocycles. The highest BCUT2D eigenvalue weighted by Crippen LogP contribution is 2.29. The molecule has 4 nitrogen and oxygen atoms in total. The fourth-order valence-corrected chi connectivity index (χ4v) is 3.12. The summed E-state index contributed by atoms with van der Waals surface area (Å²) < 4.78 is 38.1. The van der Waals surface area contributed by atoms with Crippen LogP contribution in [0.2, 0.25) is 0 Å². The van der Waals surface area contributed by atoms with Gasteiger partial charge in [-0.05, 0) is 42.9 Å². The van der Waals surface area contributed by atoms with E-state index in [-0.39, 0.29) is 18.0 Å². The fraction of sp³-hybridized carbons (Fsp3) is 0.556. The SMILES string of the molecule is CC(C)C[C@H]1CCN(C(=O)CNC(=O)c2cccc(C(F)(F)F)c2)C1. The van der Waals surface area contributed by atoms with Gasteiger partial charge < -0.3 is 10.2 Å². The van der Waals surface area contributed by atoms with Gasteiger partial charge in [0.15, 0.2) is 0 Å². The van der Waals surface area contributed by atoms with Crippen molar-refractivity contribution in [3.05, 3.63) is 35.4 Å². The first-order chi connectivity index (χ1) is 11.7. The first-order valence-corrected chi connectivity index (χ1v) is 8.40. The van der Waals surface area contributed by atoms with E-state index in [2.05, 4.69) is 19.2 Å². The van der Waals surface area contributed by atoms with Gasteiger partial charge in [-0.25, -0.2) is 0 Å². The topological polar surface area (TPSA) is 49.4 Å². The number of hydrogen-bond donors (Lipinski definition) is 1. The fourth-order valence-electron chi connectivity index (χ4n) is 3.12. The molecule has 1 heterocycles. The molecule has 1 fully saturated rings. The van der Waals surface area contributed by atoms with Crippen LogP contribution in [0, 0.1) is 11.8 Å². The zero-order valence-electron chi connectivity index (χ0n) is 14.4. The van der Waals surface area contributed by atoms with Crippen molar-refractivity contribution in [2.75, 3.05) is 19.6 Å². The summed E-state index contributed by atoms with van der Waals surface area (Å²) >= 11 is 0. The standard InChI is InChI=1S/C18H23F3N2O2/c1-12(2)8-13-6-7-23(11-13)16(24)10-22-17(25)14-4-3-5-15(9-14)18(19,20)21/h3-5,9,12-13H,6-8,10-11H2,1-2H3,(H,22,25)/t13-/m1/s1. The molecule has 0 bridgehead atoms. The maximum Gasteiger partial charge on any atom is 0.416 e. The van der Waals surface area contributed by atoms with E-state index in [1.54, 1.807) is 4.90 Å². The maximum atomic E-state index is 12.7. The molecule has 2 rings (SSSR count). The van der Waals surface area contributed by atoms with Crippen molar-refractivity contribution in [2.45, 2.75) is 32.9 Å². The Bertz CT molecular complexity index is 629. The minimum atomic E-state index is -4.51. The molecule has 2 amide bonds. The van der Waals surface area contributed by atoms with Crippen LogP contribution in [0.4, 0.5) is 13.2 Å². The number of rotatable bonds is 5. The van der Waals surface area contributed by atoms with Crippen molar-refractivity contribution in [2.24, 2.45) is 11.8 Å². The molecular formula is C18H23F3N2O2. The molecule has 7 heteroatoms. The minimum Gasteiger partial charge on any atom is -0.343 e. The predicted molar refractivity (Wildman–Crippen MR) is 87.9 cm³/mol. The van der Waals surface area contributed by atoms with Gasteiger partial charge >= 0.3 is 6.18 Å². The zero-order valence-corrected chi connectivity index (χ0v) is 14.4. The monoisotopic (exact) mass is 356 g/mol. The van der Waals surface area contributed by atoms with Crippen molar-refractivity contribution in [1.82, 2.24) is 10.2 Å². The van der Waals surface area contributed by atoms with Crippen molar-refractivity contribution in [3.63, 3.8) is 0 Å². The number of halogens is 3. The zero-order chi connectivity index (χ0) is 18.6. The summed E-state index contributed by atoms with van der Waals surface area (Å²) in [4.78, 5) is 25.9. The van der Waals surface area contributed by atoms with Crippen molar-refractivity contribution in [3.8, 4) is 0 Å². The number of nitrogens with one attached hydrogen (secondary N) is 1. The molecule has 1 aromatic carbocycles. The van der Waals surface area contributed by atoms with Gasteiger partial charge in [-0.2, -0.15) is 13.2 Å². The summed E-state index contributed by atoms with van der Waals surface area (Å²) in [6.45, 7) is 5.41. The molecule has 0 unspecified atom stereocenters. The highest BCUT2D eigenvalue weighted by molar-refractivity contribution is 5.96. The van der Waals surface area contributed by atoms with Gasteiger partial charge in [0.2, 0.25) is 5.91 Å². The molecule has 1 N–H and O–H groups in total. The summed E-state index contributed by atoms with van der Waals surface area (Å²) in [5.41, 5.74) is -0.996. The number of carbonyl (C=O) groups is 2. The number of hydrogen-bond acceptors (Lipinski definition) is 2. The second-order valence-electron chi connectivity index (χ2n) is 6.89. The third-order valence-electron chi connectivity index (χ3n) is 4.30.